The Hall–Kier alpha value is -0.850. The zero-order valence-electron chi connectivity index (χ0n) is 9.13. The molecule has 0 radical (unpaired) electrons. The van der Waals surface area contributed by atoms with Crippen molar-refractivity contribution in [1.82, 2.24) is 4.72 Å². The summed E-state index contributed by atoms with van der Waals surface area (Å²) in [5.74, 6) is -0.730. The lowest BCUT2D eigenvalue weighted by atomic mass is 10.3. The van der Waals surface area contributed by atoms with Crippen LogP contribution >= 0.6 is 11.6 Å². The lowest BCUT2D eigenvalue weighted by molar-refractivity contribution is 0.557. The number of hydrogen-bond donors (Lipinski definition) is 2. The number of anilines is 1. The first-order valence-corrected chi connectivity index (χ1v) is 6.88. The van der Waals surface area contributed by atoms with Gasteiger partial charge in [0.05, 0.1) is 10.7 Å². The first kappa shape index (κ1) is 12.6. The summed E-state index contributed by atoms with van der Waals surface area (Å²) in [4.78, 5) is -0.189. The number of nitrogen functional groups attached to an aromatic ring is 1. The van der Waals surface area contributed by atoms with Crippen molar-refractivity contribution in [3.8, 4) is 0 Å². The minimum atomic E-state index is -3.75. The van der Waals surface area contributed by atoms with Crippen molar-refractivity contribution < 1.29 is 12.8 Å². The SMILES string of the molecule is CC1(NS(=O)(=O)c2cc(N)c(F)cc2Cl)CC1. The topological polar surface area (TPSA) is 72.2 Å². The minimum absolute atomic E-state index is 0.173. The molecule has 0 unspecified atom stereocenters. The zero-order valence-corrected chi connectivity index (χ0v) is 10.7. The monoisotopic (exact) mass is 278 g/mol. The van der Waals surface area contributed by atoms with Crippen molar-refractivity contribution in [2.45, 2.75) is 30.2 Å². The van der Waals surface area contributed by atoms with Gasteiger partial charge in [-0.2, -0.15) is 0 Å². The standard InChI is InChI=1S/C10H12ClFN2O2S/c1-10(2-3-10)14-17(15,16)9-5-8(13)7(12)4-6(9)11/h4-5,14H,2-3,13H2,1H3. The lowest BCUT2D eigenvalue weighted by Crippen LogP contribution is -2.34. The molecule has 0 saturated heterocycles. The van der Waals surface area contributed by atoms with Crippen LogP contribution < -0.4 is 10.5 Å². The molecular weight excluding hydrogens is 267 g/mol. The van der Waals surface area contributed by atoms with E-state index in [1.165, 1.54) is 0 Å². The Kier molecular flexibility index (Phi) is 2.84. The highest BCUT2D eigenvalue weighted by Gasteiger charge is 2.41. The third-order valence-electron chi connectivity index (χ3n) is 2.72. The van der Waals surface area contributed by atoms with Crippen LogP contribution in [-0.2, 0) is 10.0 Å². The van der Waals surface area contributed by atoms with E-state index in [9.17, 15) is 12.8 Å². The number of nitrogens with two attached hydrogens (primary N) is 1. The van der Waals surface area contributed by atoms with E-state index in [1.54, 1.807) is 6.92 Å². The van der Waals surface area contributed by atoms with Crippen LogP contribution in [0.3, 0.4) is 0 Å². The molecule has 1 aromatic carbocycles. The average Bonchev–Trinajstić information content (AvgIpc) is 2.88. The maximum atomic E-state index is 13.1. The Bertz CT molecular complexity index is 570. The van der Waals surface area contributed by atoms with Crippen LogP contribution in [0.15, 0.2) is 17.0 Å². The van der Waals surface area contributed by atoms with Gasteiger partial charge in [0, 0.05) is 5.54 Å². The summed E-state index contributed by atoms with van der Waals surface area (Å²) in [5.41, 5.74) is 4.69. The molecule has 17 heavy (non-hydrogen) atoms. The van der Waals surface area contributed by atoms with E-state index in [0.29, 0.717) is 0 Å². The molecule has 0 amide bonds. The molecule has 2 rings (SSSR count). The van der Waals surface area contributed by atoms with Gasteiger partial charge in [0.15, 0.2) is 0 Å². The minimum Gasteiger partial charge on any atom is -0.396 e. The molecule has 0 spiro atoms. The molecule has 3 N–H and O–H groups in total. The molecule has 7 heteroatoms. The second-order valence-corrected chi connectivity index (χ2v) is 6.53. The predicted octanol–water partition coefficient (Wildman–Crippen LogP) is 1.89. The largest absolute Gasteiger partial charge is 0.396 e. The van der Waals surface area contributed by atoms with Crippen LogP contribution in [0.4, 0.5) is 10.1 Å². The highest BCUT2D eigenvalue weighted by Crippen LogP contribution is 2.37. The van der Waals surface area contributed by atoms with Crippen molar-refractivity contribution in [2.75, 3.05) is 5.73 Å². The molecule has 1 aliphatic carbocycles. The fraction of sp³-hybridized carbons (Fsp3) is 0.400. The van der Waals surface area contributed by atoms with E-state index in [-0.39, 0.29) is 15.6 Å². The third-order valence-corrected chi connectivity index (χ3v) is 4.82. The Morgan fingerprint density at radius 1 is 1.47 bits per heavy atom. The summed E-state index contributed by atoms with van der Waals surface area (Å²) in [6.45, 7) is 1.80. The van der Waals surface area contributed by atoms with Crippen molar-refractivity contribution in [1.29, 1.82) is 0 Å². The van der Waals surface area contributed by atoms with Gasteiger partial charge in [-0.25, -0.2) is 17.5 Å². The Morgan fingerprint density at radius 3 is 2.59 bits per heavy atom. The molecule has 0 heterocycles. The van der Waals surface area contributed by atoms with E-state index in [2.05, 4.69) is 4.72 Å². The van der Waals surface area contributed by atoms with Gasteiger partial charge in [-0.1, -0.05) is 11.6 Å². The van der Waals surface area contributed by atoms with Gasteiger partial charge in [-0.05, 0) is 31.9 Å². The smallest absolute Gasteiger partial charge is 0.242 e. The zero-order chi connectivity index (χ0) is 12.8. The maximum absolute atomic E-state index is 13.1. The number of hydrogen-bond acceptors (Lipinski definition) is 3. The molecule has 1 saturated carbocycles. The molecule has 94 valence electrons. The summed E-state index contributed by atoms with van der Waals surface area (Å²) < 4.78 is 39.6. The van der Waals surface area contributed by atoms with Crippen LogP contribution in [-0.4, -0.2) is 14.0 Å². The Labute approximate surface area is 104 Å². The quantitative estimate of drug-likeness (QED) is 0.830. The summed E-state index contributed by atoms with van der Waals surface area (Å²) in [6.07, 6.45) is 1.56. The molecule has 0 aromatic heterocycles. The first-order chi connectivity index (χ1) is 7.73. The van der Waals surface area contributed by atoms with E-state index in [0.717, 1.165) is 25.0 Å². The Morgan fingerprint density at radius 2 is 2.06 bits per heavy atom. The molecule has 0 atom stereocenters. The molecule has 1 aliphatic rings. The second-order valence-electron chi connectivity index (χ2n) is 4.47. The summed E-state index contributed by atoms with van der Waals surface area (Å²) in [5, 5.41) is -0.173. The molecular formula is C10H12ClFN2O2S. The van der Waals surface area contributed by atoms with Gasteiger partial charge >= 0.3 is 0 Å². The Balaban J connectivity index is 2.42. The van der Waals surface area contributed by atoms with Gasteiger partial charge in [-0.15, -0.1) is 0 Å². The normalized spacial score (nSPS) is 18.1. The first-order valence-electron chi connectivity index (χ1n) is 5.02. The van der Waals surface area contributed by atoms with Gasteiger partial charge in [0.2, 0.25) is 10.0 Å². The number of halogens is 2. The molecule has 1 aromatic rings. The van der Waals surface area contributed by atoms with Crippen molar-refractivity contribution in [3.05, 3.63) is 23.0 Å². The lowest BCUT2D eigenvalue weighted by Gasteiger charge is -2.13. The van der Waals surface area contributed by atoms with Gasteiger partial charge in [0.1, 0.15) is 10.7 Å². The van der Waals surface area contributed by atoms with Crippen LogP contribution in [0.2, 0.25) is 5.02 Å². The number of sulfonamides is 1. The van der Waals surface area contributed by atoms with E-state index >= 15 is 0 Å². The van der Waals surface area contributed by atoms with Gasteiger partial charge in [0.25, 0.3) is 0 Å². The summed E-state index contributed by atoms with van der Waals surface area (Å²) in [7, 11) is -3.75. The number of nitrogens with one attached hydrogen (secondary N) is 1. The van der Waals surface area contributed by atoms with E-state index < -0.39 is 21.4 Å². The molecule has 4 nitrogen and oxygen atoms in total. The number of benzene rings is 1. The highest BCUT2D eigenvalue weighted by molar-refractivity contribution is 7.89. The fourth-order valence-electron chi connectivity index (χ4n) is 1.42. The van der Waals surface area contributed by atoms with Crippen LogP contribution in [0.1, 0.15) is 19.8 Å². The average molecular weight is 279 g/mol. The predicted molar refractivity (Wildman–Crippen MR) is 63.8 cm³/mol. The molecule has 0 aliphatic heterocycles. The fourth-order valence-corrected chi connectivity index (χ4v) is 3.44. The van der Waals surface area contributed by atoms with Crippen molar-refractivity contribution in [3.63, 3.8) is 0 Å². The molecule has 1 fully saturated rings. The highest BCUT2D eigenvalue weighted by atomic mass is 35.5. The third kappa shape index (κ3) is 2.53. The second kappa shape index (κ2) is 3.83. The summed E-state index contributed by atoms with van der Waals surface area (Å²) in [6, 6.07) is 1.94. The van der Waals surface area contributed by atoms with E-state index in [1.807, 2.05) is 0 Å². The number of rotatable bonds is 3. The maximum Gasteiger partial charge on any atom is 0.242 e. The van der Waals surface area contributed by atoms with E-state index in [4.69, 9.17) is 17.3 Å². The van der Waals surface area contributed by atoms with Crippen molar-refractivity contribution >= 4 is 27.3 Å². The van der Waals surface area contributed by atoms with Crippen LogP contribution in [0, 0.1) is 5.82 Å². The van der Waals surface area contributed by atoms with Crippen LogP contribution in [0.5, 0.6) is 0 Å². The molecule has 0 bridgehead atoms. The van der Waals surface area contributed by atoms with Gasteiger partial charge < -0.3 is 5.73 Å². The summed E-state index contributed by atoms with van der Waals surface area (Å²) >= 11 is 5.72. The van der Waals surface area contributed by atoms with Crippen molar-refractivity contribution in [2.24, 2.45) is 0 Å². The van der Waals surface area contributed by atoms with Gasteiger partial charge in [-0.3, -0.25) is 0 Å². The van der Waals surface area contributed by atoms with Crippen LogP contribution in [0.25, 0.3) is 0 Å².